The summed E-state index contributed by atoms with van der Waals surface area (Å²) in [6.07, 6.45) is 1.79. The summed E-state index contributed by atoms with van der Waals surface area (Å²) in [5.41, 5.74) is 3.08. The lowest BCUT2D eigenvalue weighted by Crippen LogP contribution is -1.94. The highest BCUT2D eigenvalue weighted by molar-refractivity contribution is 9.10. The Hall–Kier alpha value is -0.940. The minimum atomic E-state index is 0.750. The summed E-state index contributed by atoms with van der Waals surface area (Å²) in [5, 5.41) is 1.69. The van der Waals surface area contributed by atoms with Crippen LogP contribution in [0.15, 0.2) is 33.0 Å². The average Bonchev–Trinajstić information content (AvgIpc) is 2.21. The van der Waals surface area contributed by atoms with Gasteiger partial charge in [0.05, 0.1) is 0 Å². The Labute approximate surface area is 113 Å². The van der Waals surface area contributed by atoms with E-state index in [1.807, 2.05) is 32.9 Å². The molecule has 2 aromatic heterocycles. The third kappa shape index (κ3) is 3.26. The SMILES string of the molecule is Cc1cc(C)nc(Sc2ncc(Br)cc2C)n1. The van der Waals surface area contributed by atoms with Gasteiger partial charge < -0.3 is 0 Å². The van der Waals surface area contributed by atoms with Crippen molar-refractivity contribution < 1.29 is 0 Å². The van der Waals surface area contributed by atoms with Gasteiger partial charge in [-0.15, -0.1) is 0 Å². The monoisotopic (exact) mass is 309 g/mol. The van der Waals surface area contributed by atoms with Gasteiger partial charge in [-0.3, -0.25) is 0 Å². The molecule has 2 heterocycles. The molecule has 3 nitrogen and oxygen atoms in total. The van der Waals surface area contributed by atoms with Crippen molar-refractivity contribution in [3.8, 4) is 0 Å². The normalized spacial score (nSPS) is 10.6. The van der Waals surface area contributed by atoms with Crippen LogP contribution in [-0.2, 0) is 0 Å². The van der Waals surface area contributed by atoms with E-state index in [1.165, 1.54) is 11.8 Å². The van der Waals surface area contributed by atoms with Crippen LogP contribution in [0.4, 0.5) is 0 Å². The summed E-state index contributed by atoms with van der Waals surface area (Å²) in [6, 6.07) is 4.00. The quantitative estimate of drug-likeness (QED) is 0.793. The van der Waals surface area contributed by atoms with Crippen LogP contribution >= 0.6 is 27.7 Å². The molecule has 0 N–H and O–H groups in total. The zero-order valence-electron chi connectivity index (χ0n) is 9.86. The molecule has 0 amide bonds. The maximum absolute atomic E-state index is 4.39. The van der Waals surface area contributed by atoms with Gasteiger partial charge in [-0.25, -0.2) is 15.0 Å². The Bertz CT molecular complexity index is 537. The average molecular weight is 310 g/mol. The lowest BCUT2D eigenvalue weighted by Gasteiger charge is -2.05. The molecule has 0 bridgehead atoms. The molecule has 0 spiro atoms. The van der Waals surface area contributed by atoms with Gasteiger partial charge in [0.2, 0.25) is 0 Å². The van der Waals surface area contributed by atoms with E-state index in [0.717, 1.165) is 31.6 Å². The van der Waals surface area contributed by atoms with Gasteiger partial charge >= 0.3 is 0 Å². The Morgan fingerprint density at radius 1 is 1.06 bits per heavy atom. The summed E-state index contributed by atoms with van der Waals surface area (Å²) in [5.74, 6) is 0. The van der Waals surface area contributed by atoms with Gasteiger partial charge in [0.1, 0.15) is 5.03 Å². The van der Waals surface area contributed by atoms with E-state index in [9.17, 15) is 0 Å². The van der Waals surface area contributed by atoms with Crippen molar-refractivity contribution in [2.45, 2.75) is 31.0 Å². The Balaban J connectivity index is 2.31. The summed E-state index contributed by atoms with van der Waals surface area (Å²) >= 11 is 4.90. The number of pyridine rings is 1. The third-order valence-corrected chi connectivity index (χ3v) is 3.57. The first-order valence-corrected chi connectivity index (χ1v) is 6.78. The van der Waals surface area contributed by atoms with E-state index in [-0.39, 0.29) is 0 Å². The van der Waals surface area contributed by atoms with Crippen molar-refractivity contribution in [2.24, 2.45) is 0 Å². The highest BCUT2D eigenvalue weighted by Gasteiger charge is 2.06. The molecule has 0 radical (unpaired) electrons. The van der Waals surface area contributed by atoms with Crippen LogP contribution < -0.4 is 0 Å². The highest BCUT2D eigenvalue weighted by Crippen LogP contribution is 2.27. The van der Waals surface area contributed by atoms with Crippen LogP contribution in [-0.4, -0.2) is 15.0 Å². The second-order valence-electron chi connectivity index (χ2n) is 3.81. The third-order valence-electron chi connectivity index (χ3n) is 2.15. The molecule has 0 aliphatic heterocycles. The molecule has 0 aliphatic carbocycles. The molecule has 17 heavy (non-hydrogen) atoms. The molecule has 0 unspecified atom stereocenters. The first-order chi connectivity index (χ1) is 8.04. The van der Waals surface area contributed by atoms with E-state index < -0.39 is 0 Å². The predicted molar refractivity (Wildman–Crippen MR) is 72.3 cm³/mol. The molecular weight excluding hydrogens is 298 g/mol. The molecule has 0 atom stereocenters. The molecule has 88 valence electrons. The zero-order valence-corrected chi connectivity index (χ0v) is 12.3. The smallest absolute Gasteiger partial charge is 0.194 e. The molecule has 0 aromatic carbocycles. The van der Waals surface area contributed by atoms with Gasteiger partial charge in [-0.1, -0.05) is 0 Å². The molecule has 2 aromatic rings. The molecule has 0 saturated carbocycles. The van der Waals surface area contributed by atoms with Crippen LogP contribution in [0.25, 0.3) is 0 Å². The lowest BCUT2D eigenvalue weighted by molar-refractivity contribution is 0.897. The first-order valence-electron chi connectivity index (χ1n) is 5.17. The summed E-state index contributed by atoms with van der Waals surface area (Å²) in [4.78, 5) is 13.2. The number of nitrogens with zero attached hydrogens (tertiary/aromatic N) is 3. The van der Waals surface area contributed by atoms with E-state index in [2.05, 4.69) is 30.9 Å². The lowest BCUT2D eigenvalue weighted by atomic mass is 10.3. The minimum Gasteiger partial charge on any atom is -0.248 e. The number of rotatable bonds is 2. The minimum absolute atomic E-state index is 0.750. The van der Waals surface area contributed by atoms with Crippen LogP contribution in [0.3, 0.4) is 0 Å². The van der Waals surface area contributed by atoms with Crippen LogP contribution in [0.2, 0.25) is 0 Å². The van der Waals surface area contributed by atoms with Crippen molar-refractivity contribution in [1.29, 1.82) is 0 Å². The second kappa shape index (κ2) is 5.14. The number of halogens is 1. The number of aromatic nitrogens is 3. The van der Waals surface area contributed by atoms with Crippen LogP contribution in [0.1, 0.15) is 17.0 Å². The van der Waals surface area contributed by atoms with Crippen molar-refractivity contribution in [2.75, 3.05) is 0 Å². The van der Waals surface area contributed by atoms with Gasteiger partial charge in [0.25, 0.3) is 0 Å². The number of hydrogen-bond donors (Lipinski definition) is 0. The predicted octanol–water partition coefficient (Wildman–Crippen LogP) is 3.71. The standard InChI is InChI=1S/C12H12BrN3S/c1-7-4-10(13)6-14-11(7)17-12-15-8(2)5-9(3)16-12/h4-6H,1-3H3. The Morgan fingerprint density at radius 2 is 1.71 bits per heavy atom. The maximum atomic E-state index is 4.39. The summed E-state index contributed by atoms with van der Waals surface area (Å²) in [6.45, 7) is 5.98. The topological polar surface area (TPSA) is 38.7 Å². The van der Waals surface area contributed by atoms with E-state index in [4.69, 9.17) is 0 Å². The number of hydrogen-bond acceptors (Lipinski definition) is 4. The Morgan fingerprint density at radius 3 is 2.29 bits per heavy atom. The van der Waals surface area contributed by atoms with E-state index in [0.29, 0.717) is 0 Å². The molecule has 0 aliphatic rings. The molecule has 0 fully saturated rings. The van der Waals surface area contributed by atoms with E-state index >= 15 is 0 Å². The van der Waals surface area contributed by atoms with Crippen molar-refractivity contribution in [3.05, 3.63) is 39.8 Å². The molecule has 5 heteroatoms. The molecular formula is C12H12BrN3S. The Kier molecular flexibility index (Phi) is 3.79. The zero-order chi connectivity index (χ0) is 12.4. The molecule has 0 saturated heterocycles. The number of aryl methyl sites for hydroxylation is 3. The van der Waals surface area contributed by atoms with Crippen molar-refractivity contribution >= 4 is 27.7 Å². The second-order valence-corrected chi connectivity index (χ2v) is 5.68. The maximum Gasteiger partial charge on any atom is 0.194 e. The van der Waals surface area contributed by atoms with Gasteiger partial charge in [-0.05, 0) is 66.2 Å². The van der Waals surface area contributed by atoms with Gasteiger partial charge in [0.15, 0.2) is 5.16 Å². The van der Waals surface area contributed by atoms with E-state index in [1.54, 1.807) is 6.20 Å². The fourth-order valence-electron chi connectivity index (χ4n) is 1.46. The van der Waals surface area contributed by atoms with Crippen LogP contribution in [0, 0.1) is 20.8 Å². The molecule has 2 rings (SSSR count). The van der Waals surface area contributed by atoms with Crippen molar-refractivity contribution in [1.82, 2.24) is 15.0 Å². The highest BCUT2D eigenvalue weighted by atomic mass is 79.9. The summed E-state index contributed by atoms with van der Waals surface area (Å²) < 4.78 is 0.987. The van der Waals surface area contributed by atoms with Crippen molar-refractivity contribution in [3.63, 3.8) is 0 Å². The van der Waals surface area contributed by atoms with Gasteiger partial charge in [0, 0.05) is 22.1 Å². The van der Waals surface area contributed by atoms with Gasteiger partial charge in [-0.2, -0.15) is 0 Å². The summed E-state index contributed by atoms with van der Waals surface area (Å²) in [7, 11) is 0. The van der Waals surface area contributed by atoms with Crippen LogP contribution in [0.5, 0.6) is 0 Å². The largest absolute Gasteiger partial charge is 0.248 e. The fourth-order valence-corrected chi connectivity index (χ4v) is 2.78. The first kappa shape index (κ1) is 12.5. The fraction of sp³-hybridized carbons (Fsp3) is 0.250.